The molecule has 2 rings (SSSR count). The topological polar surface area (TPSA) is 53.7 Å². The number of carboxylic acids is 1. The Bertz CT molecular complexity index is 622. The number of rotatable bonds is 4. The summed E-state index contributed by atoms with van der Waals surface area (Å²) in [6.45, 7) is 8.46. The monoisotopic (exact) mass is 275 g/mol. The smallest absolute Gasteiger partial charge is 0.371 e. The van der Waals surface area contributed by atoms with Crippen LogP contribution in [-0.4, -0.2) is 29.6 Å². The lowest BCUT2D eigenvalue weighted by molar-refractivity contribution is 0.0665. The molecular formula is C16H21NO3. The van der Waals surface area contributed by atoms with Crippen LogP contribution >= 0.6 is 0 Å². The van der Waals surface area contributed by atoms with E-state index in [9.17, 15) is 4.79 Å². The molecule has 4 nitrogen and oxygen atoms in total. The predicted molar refractivity (Wildman–Crippen MR) is 79.0 cm³/mol. The van der Waals surface area contributed by atoms with Crippen LogP contribution in [0.4, 0.5) is 0 Å². The Hall–Kier alpha value is -1.81. The van der Waals surface area contributed by atoms with Crippen molar-refractivity contribution in [2.75, 3.05) is 13.6 Å². The van der Waals surface area contributed by atoms with E-state index in [-0.39, 0.29) is 11.2 Å². The van der Waals surface area contributed by atoms with Gasteiger partial charge in [-0.2, -0.15) is 0 Å². The van der Waals surface area contributed by atoms with Gasteiger partial charge in [-0.15, -0.1) is 0 Å². The number of hydrogen-bond acceptors (Lipinski definition) is 3. The summed E-state index contributed by atoms with van der Waals surface area (Å²) in [5, 5.41) is 9.76. The standard InChI is InChI=1S/C16H21NO3/c1-16(2,3)10-17(4)9-11-5-6-13-12(7-11)8-14(20-13)15(18)19/h5-8H,9-10H2,1-4H3,(H,18,19). The quantitative estimate of drug-likeness (QED) is 0.926. The molecule has 0 radical (unpaired) electrons. The SMILES string of the molecule is CN(Cc1ccc2oc(C(=O)O)cc2c1)CC(C)(C)C. The van der Waals surface area contributed by atoms with E-state index in [1.54, 1.807) is 6.07 Å². The molecule has 0 aliphatic carbocycles. The minimum absolute atomic E-state index is 0.0137. The van der Waals surface area contributed by atoms with E-state index in [4.69, 9.17) is 9.52 Å². The summed E-state index contributed by atoms with van der Waals surface area (Å²) in [4.78, 5) is 13.2. The third-order valence-electron chi connectivity index (χ3n) is 2.99. The molecule has 0 fully saturated rings. The maximum absolute atomic E-state index is 10.9. The zero-order chi connectivity index (χ0) is 14.9. The Morgan fingerprint density at radius 2 is 2.00 bits per heavy atom. The van der Waals surface area contributed by atoms with Crippen molar-refractivity contribution in [1.82, 2.24) is 4.90 Å². The number of hydrogen-bond donors (Lipinski definition) is 1. The van der Waals surface area contributed by atoms with Gasteiger partial charge in [0.1, 0.15) is 5.58 Å². The van der Waals surface area contributed by atoms with Crippen molar-refractivity contribution in [3.8, 4) is 0 Å². The molecule has 0 aliphatic heterocycles. The summed E-state index contributed by atoms with van der Waals surface area (Å²) in [6.07, 6.45) is 0. The number of carboxylic acid groups (broad SMARTS) is 1. The summed E-state index contributed by atoms with van der Waals surface area (Å²) >= 11 is 0. The van der Waals surface area contributed by atoms with E-state index in [1.807, 2.05) is 18.2 Å². The van der Waals surface area contributed by atoms with Crippen molar-refractivity contribution in [2.45, 2.75) is 27.3 Å². The Balaban J connectivity index is 2.17. The van der Waals surface area contributed by atoms with Crippen LogP contribution in [0.5, 0.6) is 0 Å². The van der Waals surface area contributed by atoms with E-state index < -0.39 is 5.97 Å². The van der Waals surface area contributed by atoms with E-state index in [2.05, 4.69) is 32.7 Å². The number of carbonyl (C=O) groups is 1. The summed E-state index contributed by atoms with van der Waals surface area (Å²) in [5.41, 5.74) is 2.02. The van der Waals surface area contributed by atoms with Crippen LogP contribution in [0.3, 0.4) is 0 Å². The molecule has 0 spiro atoms. The number of nitrogens with zero attached hydrogens (tertiary/aromatic N) is 1. The molecule has 108 valence electrons. The average Bonchev–Trinajstić information content (AvgIpc) is 2.69. The molecule has 1 aromatic carbocycles. The van der Waals surface area contributed by atoms with Gasteiger partial charge in [-0.05, 0) is 36.2 Å². The highest BCUT2D eigenvalue weighted by Crippen LogP contribution is 2.22. The van der Waals surface area contributed by atoms with Gasteiger partial charge in [0.2, 0.25) is 5.76 Å². The third kappa shape index (κ3) is 3.61. The maximum Gasteiger partial charge on any atom is 0.371 e. The molecule has 1 heterocycles. The van der Waals surface area contributed by atoms with Crippen molar-refractivity contribution in [3.05, 3.63) is 35.6 Å². The number of benzene rings is 1. The maximum atomic E-state index is 10.9. The van der Waals surface area contributed by atoms with E-state index >= 15 is 0 Å². The second-order valence-electron chi connectivity index (χ2n) is 6.52. The van der Waals surface area contributed by atoms with E-state index in [1.165, 1.54) is 0 Å². The lowest BCUT2D eigenvalue weighted by atomic mass is 9.96. The van der Waals surface area contributed by atoms with Gasteiger partial charge in [-0.25, -0.2) is 4.79 Å². The van der Waals surface area contributed by atoms with Crippen LogP contribution in [0.15, 0.2) is 28.7 Å². The van der Waals surface area contributed by atoms with Crippen molar-refractivity contribution in [3.63, 3.8) is 0 Å². The first-order chi connectivity index (χ1) is 9.24. The largest absolute Gasteiger partial charge is 0.475 e. The van der Waals surface area contributed by atoms with E-state index in [0.717, 1.165) is 24.0 Å². The first kappa shape index (κ1) is 14.6. The minimum Gasteiger partial charge on any atom is -0.475 e. The molecule has 0 aliphatic rings. The van der Waals surface area contributed by atoms with Crippen LogP contribution in [0.25, 0.3) is 11.0 Å². The summed E-state index contributed by atoms with van der Waals surface area (Å²) < 4.78 is 5.26. The molecule has 4 heteroatoms. The van der Waals surface area contributed by atoms with Crippen LogP contribution in [-0.2, 0) is 6.54 Å². The molecule has 0 amide bonds. The zero-order valence-corrected chi connectivity index (χ0v) is 12.4. The number of aromatic carboxylic acids is 1. The summed E-state index contributed by atoms with van der Waals surface area (Å²) in [6, 6.07) is 7.38. The van der Waals surface area contributed by atoms with Crippen LogP contribution in [0.2, 0.25) is 0 Å². The Morgan fingerprint density at radius 1 is 1.30 bits per heavy atom. The first-order valence-electron chi connectivity index (χ1n) is 6.69. The average molecular weight is 275 g/mol. The summed E-state index contributed by atoms with van der Waals surface area (Å²) in [5.74, 6) is -1.05. The molecule has 0 bridgehead atoms. The van der Waals surface area contributed by atoms with Crippen LogP contribution in [0.1, 0.15) is 36.9 Å². The van der Waals surface area contributed by atoms with Gasteiger partial charge in [0.05, 0.1) is 0 Å². The molecule has 2 aromatic rings. The second-order valence-corrected chi connectivity index (χ2v) is 6.52. The lowest BCUT2D eigenvalue weighted by Gasteiger charge is -2.26. The Morgan fingerprint density at radius 3 is 2.60 bits per heavy atom. The number of furan rings is 1. The van der Waals surface area contributed by atoms with Gasteiger partial charge < -0.3 is 14.4 Å². The highest BCUT2D eigenvalue weighted by atomic mass is 16.4. The van der Waals surface area contributed by atoms with Crippen molar-refractivity contribution >= 4 is 16.9 Å². The van der Waals surface area contributed by atoms with Gasteiger partial charge in [-0.1, -0.05) is 26.8 Å². The molecule has 0 unspecified atom stereocenters. The fourth-order valence-electron chi connectivity index (χ4n) is 2.47. The highest BCUT2D eigenvalue weighted by Gasteiger charge is 2.14. The fourth-order valence-corrected chi connectivity index (χ4v) is 2.47. The van der Waals surface area contributed by atoms with Crippen molar-refractivity contribution in [1.29, 1.82) is 0 Å². The predicted octanol–water partition coefficient (Wildman–Crippen LogP) is 3.61. The van der Waals surface area contributed by atoms with Crippen LogP contribution in [0, 0.1) is 5.41 Å². The lowest BCUT2D eigenvalue weighted by Crippen LogP contribution is -2.28. The first-order valence-corrected chi connectivity index (χ1v) is 6.69. The number of fused-ring (bicyclic) bond motifs is 1. The van der Waals surface area contributed by atoms with Gasteiger partial charge in [0.25, 0.3) is 0 Å². The van der Waals surface area contributed by atoms with Crippen molar-refractivity contribution < 1.29 is 14.3 Å². The summed E-state index contributed by atoms with van der Waals surface area (Å²) in [7, 11) is 2.09. The van der Waals surface area contributed by atoms with Gasteiger partial charge in [0, 0.05) is 18.5 Å². The zero-order valence-electron chi connectivity index (χ0n) is 12.4. The fraction of sp³-hybridized carbons (Fsp3) is 0.438. The normalized spacial score (nSPS) is 12.2. The van der Waals surface area contributed by atoms with Crippen molar-refractivity contribution in [2.24, 2.45) is 5.41 Å². The third-order valence-corrected chi connectivity index (χ3v) is 2.99. The second kappa shape index (κ2) is 5.29. The Kier molecular flexibility index (Phi) is 3.86. The Labute approximate surface area is 119 Å². The van der Waals surface area contributed by atoms with Gasteiger partial charge >= 0.3 is 5.97 Å². The molecule has 20 heavy (non-hydrogen) atoms. The molecule has 1 aromatic heterocycles. The molecule has 0 saturated heterocycles. The highest BCUT2D eigenvalue weighted by molar-refractivity contribution is 5.91. The molecule has 0 saturated carbocycles. The molecular weight excluding hydrogens is 254 g/mol. The molecule has 1 N–H and O–H groups in total. The van der Waals surface area contributed by atoms with E-state index in [0.29, 0.717) is 5.58 Å². The van der Waals surface area contributed by atoms with Crippen LogP contribution < -0.4 is 0 Å². The van der Waals surface area contributed by atoms with Gasteiger partial charge in [-0.3, -0.25) is 0 Å². The molecule has 0 atom stereocenters. The van der Waals surface area contributed by atoms with Gasteiger partial charge in [0.15, 0.2) is 0 Å². The minimum atomic E-state index is -1.03.